The summed E-state index contributed by atoms with van der Waals surface area (Å²) in [6.07, 6.45) is 1.56. The van der Waals surface area contributed by atoms with E-state index in [1.54, 1.807) is 30.5 Å². The largest absolute Gasteiger partial charge is 0.352 e. The van der Waals surface area contributed by atoms with Gasteiger partial charge in [0.25, 0.3) is 11.8 Å². The van der Waals surface area contributed by atoms with Crippen molar-refractivity contribution in [3.05, 3.63) is 71.5 Å². The number of hydrogen-bond donors (Lipinski definition) is 2. The van der Waals surface area contributed by atoms with E-state index in [0.717, 1.165) is 11.3 Å². The topological polar surface area (TPSA) is 88.9 Å². The zero-order chi connectivity index (χ0) is 20.1. The maximum atomic E-state index is 12.6. The zero-order valence-electron chi connectivity index (χ0n) is 16.1. The summed E-state index contributed by atoms with van der Waals surface area (Å²) in [5.41, 5.74) is 2.94. The van der Waals surface area contributed by atoms with E-state index in [1.807, 2.05) is 45.0 Å². The van der Waals surface area contributed by atoms with Crippen molar-refractivity contribution in [2.24, 2.45) is 5.92 Å². The fourth-order valence-electron chi connectivity index (χ4n) is 2.56. The maximum Gasteiger partial charge on any atom is 0.277 e. The molecule has 2 N–H and O–H groups in total. The number of hydrogen-bond acceptors (Lipinski definition) is 4. The van der Waals surface area contributed by atoms with E-state index in [2.05, 4.69) is 20.9 Å². The molecule has 7 nitrogen and oxygen atoms in total. The van der Waals surface area contributed by atoms with Crippen molar-refractivity contribution in [1.29, 1.82) is 0 Å². The zero-order valence-corrected chi connectivity index (χ0v) is 16.1. The Hall–Kier alpha value is -3.48. The van der Waals surface area contributed by atoms with E-state index in [4.69, 9.17) is 0 Å². The SMILES string of the molecule is Cc1ccc(-n2cc(C(=O)Nc3ccccc3C(=O)NCC(C)C)nn2)cc1. The molecule has 0 aliphatic rings. The van der Waals surface area contributed by atoms with Gasteiger partial charge in [0.1, 0.15) is 0 Å². The van der Waals surface area contributed by atoms with Crippen LogP contribution in [0.5, 0.6) is 0 Å². The molecule has 0 aliphatic heterocycles. The molecule has 0 bridgehead atoms. The van der Waals surface area contributed by atoms with E-state index >= 15 is 0 Å². The minimum atomic E-state index is -0.428. The highest BCUT2D eigenvalue weighted by atomic mass is 16.2. The normalized spacial score (nSPS) is 10.7. The summed E-state index contributed by atoms with van der Waals surface area (Å²) in [6.45, 7) is 6.60. The predicted octanol–water partition coefficient (Wildman–Crippen LogP) is 3.21. The predicted molar refractivity (Wildman–Crippen MR) is 108 cm³/mol. The van der Waals surface area contributed by atoms with E-state index in [0.29, 0.717) is 23.7 Å². The smallest absolute Gasteiger partial charge is 0.277 e. The van der Waals surface area contributed by atoms with Crippen LogP contribution in [0.2, 0.25) is 0 Å². The van der Waals surface area contributed by atoms with Gasteiger partial charge in [-0.05, 0) is 37.1 Å². The van der Waals surface area contributed by atoms with E-state index in [-0.39, 0.29) is 11.6 Å². The van der Waals surface area contributed by atoms with Crippen LogP contribution < -0.4 is 10.6 Å². The number of aromatic nitrogens is 3. The molecule has 0 spiro atoms. The van der Waals surface area contributed by atoms with Gasteiger partial charge in [0, 0.05) is 6.54 Å². The lowest BCUT2D eigenvalue weighted by Gasteiger charge is -2.11. The Balaban J connectivity index is 1.75. The van der Waals surface area contributed by atoms with Gasteiger partial charge in [0.05, 0.1) is 23.1 Å². The van der Waals surface area contributed by atoms with Crippen LogP contribution in [-0.4, -0.2) is 33.4 Å². The third kappa shape index (κ3) is 4.62. The standard InChI is InChI=1S/C21H23N5O2/c1-14(2)12-22-20(27)17-6-4-5-7-18(17)23-21(28)19-13-26(25-24-19)16-10-8-15(3)9-11-16/h4-11,13-14H,12H2,1-3H3,(H,22,27)(H,23,28). The molecular weight excluding hydrogens is 354 g/mol. The fourth-order valence-corrected chi connectivity index (χ4v) is 2.56. The summed E-state index contributed by atoms with van der Waals surface area (Å²) in [5, 5.41) is 13.6. The summed E-state index contributed by atoms with van der Waals surface area (Å²) in [4.78, 5) is 25.0. The summed E-state index contributed by atoms with van der Waals surface area (Å²) < 4.78 is 1.54. The average Bonchev–Trinajstić information content (AvgIpc) is 3.17. The van der Waals surface area contributed by atoms with Gasteiger partial charge in [-0.2, -0.15) is 0 Å². The summed E-state index contributed by atoms with van der Waals surface area (Å²) in [6, 6.07) is 14.6. The highest BCUT2D eigenvalue weighted by Crippen LogP contribution is 2.16. The fraction of sp³-hybridized carbons (Fsp3) is 0.238. The van der Waals surface area contributed by atoms with Crippen LogP contribution in [0.4, 0.5) is 5.69 Å². The highest BCUT2D eigenvalue weighted by molar-refractivity contribution is 6.08. The van der Waals surface area contributed by atoms with Crippen molar-refractivity contribution in [2.75, 3.05) is 11.9 Å². The van der Waals surface area contributed by atoms with Crippen molar-refractivity contribution in [3.63, 3.8) is 0 Å². The third-order valence-corrected chi connectivity index (χ3v) is 4.12. The molecule has 28 heavy (non-hydrogen) atoms. The quantitative estimate of drug-likeness (QED) is 0.690. The number of benzene rings is 2. The van der Waals surface area contributed by atoms with Gasteiger partial charge in [0.2, 0.25) is 0 Å². The number of carbonyl (C=O) groups is 2. The lowest BCUT2D eigenvalue weighted by molar-refractivity contribution is 0.0950. The molecule has 7 heteroatoms. The Labute approximate surface area is 163 Å². The van der Waals surface area contributed by atoms with Crippen molar-refractivity contribution in [1.82, 2.24) is 20.3 Å². The molecule has 0 fully saturated rings. The van der Waals surface area contributed by atoms with E-state index < -0.39 is 5.91 Å². The second kappa shape index (κ2) is 8.47. The molecule has 0 aliphatic carbocycles. The van der Waals surface area contributed by atoms with Crippen LogP contribution in [0, 0.1) is 12.8 Å². The number of nitrogens with one attached hydrogen (secondary N) is 2. The number of nitrogens with zero attached hydrogens (tertiary/aromatic N) is 3. The Morgan fingerprint density at radius 2 is 1.75 bits per heavy atom. The van der Waals surface area contributed by atoms with Gasteiger partial charge in [0.15, 0.2) is 5.69 Å². The number of rotatable bonds is 6. The molecular formula is C21H23N5O2. The van der Waals surface area contributed by atoms with Gasteiger partial charge in [-0.25, -0.2) is 4.68 Å². The monoisotopic (exact) mass is 377 g/mol. The Morgan fingerprint density at radius 3 is 2.46 bits per heavy atom. The molecule has 0 radical (unpaired) electrons. The minimum absolute atomic E-state index is 0.165. The molecule has 1 aromatic heterocycles. The molecule has 0 atom stereocenters. The van der Waals surface area contributed by atoms with Crippen LogP contribution in [0.15, 0.2) is 54.7 Å². The Morgan fingerprint density at radius 1 is 1.04 bits per heavy atom. The molecule has 2 amide bonds. The van der Waals surface area contributed by atoms with Gasteiger partial charge >= 0.3 is 0 Å². The molecule has 0 saturated carbocycles. The lowest BCUT2D eigenvalue weighted by atomic mass is 10.1. The van der Waals surface area contributed by atoms with Crippen molar-refractivity contribution < 1.29 is 9.59 Å². The third-order valence-electron chi connectivity index (χ3n) is 4.12. The molecule has 3 aromatic rings. The van der Waals surface area contributed by atoms with E-state index in [1.165, 1.54) is 4.68 Å². The van der Waals surface area contributed by atoms with Gasteiger partial charge in [-0.15, -0.1) is 5.10 Å². The molecule has 0 saturated heterocycles. The van der Waals surface area contributed by atoms with Crippen LogP contribution in [0.25, 0.3) is 5.69 Å². The Bertz CT molecular complexity index is 976. The van der Waals surface area contributed by atoms with Crippen molar-refractivity contribution in [2.45, 2.75) is 20.8 Å². The summed E-state index contributed by atoms with van der Waals surface area (Å²) in [5.74, 6) is -0.321. The highest BCUT2D eigenvalue weighted by Gasteiger charge is 2.16. The van der Waals surface area contributed by atoms with Crippen LogP contribution in [-0.2, 0) is 0 Å². The van der Waals surface area contributed by atoms with Gasteiger partial charge in [-0.3, -0.25) is 9.59 Å². The molecule has 0 unspecified atom stereocenters. The lowest BCUT2D eigenvalue weighted by Crippen LogP contribution is -2.28. The van der Waals surface area contributed by atoms with Crippen LogP contribution >= 0.6 is 0 Å². The second-order valence-electron chi connectivity index (χ2n) is 6.99. The number of carbonyl (C=O) groups excluding carboxylic acids is 2. The van der Waals surface area contributed by atoms with Crippen LogP contribution in [0.1, 0.15) is 40.3 Å². The van der Waals surface area contributed by atoms with Crippen molar-refractivity contribution in [3.8, 4) is 5.69 Å². The first kappa shape index (κ1) is 19.3. The summed E-state index contributed by atoms with van der Waals surface area (Å²) >= 11 is 0. The van der Waals surface area contributed by atoms with Gasteiger partial charge in [-0.1, -0.05) is 48.9 Å². The van der Waals surface area contributed by atoms with Crippen molar-refractivity contribution >= 4 is 17.5 Å². The molecule has 1 heterocycles. The Kier molecular flexibility index (Phi) is 5.84. The minimum Gasteiger partial charge on any atom is -0.352 e. The maximum absolute atomic E-state index is 12.6. The second-order valence-corrected chi connectivity index (χ2v) is 6.99. The molecule has 2 aromatic carbocycles. The first-order valence-corrected chi connectivity index (χ1v) is 9.12. The molecule has 3 rings (SSSR count). The van der Waals surface area contributed by atoms with Crippen LogP contribution in [0.3, 0.4) is 0 Å². The average molecular weight is 377 g/mol. The number of para-hydroxylation sites is 1. The summed E-state index contributed by atoms with van der Waals surface area (Å²) in [7, 11) is 0. The first-order valence-electron chi connectivity index (χ1n) is 9.12. The molecule has 144 valence electrons. The number of anilines is 1. The number of amides is 2. The number of aryl methyl sites for hydroxylation is 1. The van der Waals surface area contributed by atoms with E-state index in [9.17, 15) is 9.59 Å². The first-order chi connectivity index (χ1) is 13.4. The van der Waals surface area contributed by atoms with Gasteiger partial charge < -0.3 is 10.6 Å².